The van der Waals surface area contributed by atoms with Crippen LogP contribution in [0.25, 0.3) is 0 Å². The van der Waals surface area contributed by atoms with Crippen molar-refractivity contribution in [3.8, 4) is 0 Å². The molecule has 0 radical (unpaired) electrons. The first kappa shape index (κ1) is 8.95. The molecule has 0 aromatic rings. The maximum absolute atomic E-state index is 5.17. The van der Waals surface area contributed by atoms with Gasteiger partial charge in [0.1, 0.15) is 0 Å². The number of aliphatic imine (C=N–C) groups is 1. The maximum Gasteiger partial charge on any atom is 0.0585 e. The first-order chi connectivity index (χ1) is 4.70. The highest BCUT2D eigenvalue weighted by molar-refractivity contribution is 6.03. The fourth-order valence-corrected chi connectivity index (χ4v) is 0.561. The summed E-state index contributed by atoms with van der Waals surface area (Å²) in [5.41, 5.74) is 6.00. The smallest absolute Gasteiger partial charge is 0.0585 e. The fraction of sp³-hybridized carbons (Fsp3) is 0.375. The summed E-state index contributed by atoms with van der Waals surface area (Å²) >= 11 is 0. The zero-order chi connectivity index (χ0) is 7.98. The second kappa shape index (κ2) is 4.79. The van der Waals surface area contributed by atoms with E-state index >= 15 is 0 Å². The highest BCUT2D eigenvalue weighted by Crippen LogP contribution is 1.90. The highest BCUT2D eigenvalue weighted by atomic mass is 14.8. The summed E-state index contributed by atoms with van der Waals surface area (Å²) in [7, 11) is 0. The number of rotatable bonds is 3. The van der Waals surface area contributed by atoms with Gasteiger partial charge in [0.2, 0.25) is 0 Å². The number of nitrogens with zero attached hydrogens (tertiary/aromatic N) is 1. The summed E-state index contributed by atoms with van der Waals surface area (Å²) in [6.45, 7) is 7.61. The molecule has 0 aromatic carbocycles. The van der Waals surface area contributed by atoms with Crippen molar-refractivity contribution in [1.29, 1.82) is 0 Å². The lowest BCUT2D eigenvalue weighted by molar-refractivity contribution is 0.838. The largest absolute Gasteiger partial charge is 0.405 e. The van der Waals surface area contributed by atoms with E-state index in [9.17, 15) is 0 Å². The van der Waals surface area contributed by atoms with E-state index in [0.717, 1.165) is 5.71 Å². The SMILES string of the molecule is C=CC(/C=C\N)=NC(C)C. The molecule has 0 fully saturated rings. The van der Waals surface area contributed by atoms with Crippen molar-refractivity contribution in [2.24, 2.45) is 10.7 Å². The monoisotopic (exact) mass is 138 g/mol. The number of allylic oxidation sites excluding steroid dienone is 2. The minimum atomic E-state index is 0.296. The lowest BCUT2D eigenvalue weighted by atomic mass is 10.3. The second-order valence-electron chi connectivity index (χ2n) is 2.21. The van der Waals surface area contributed by atoms with Gasteiger partial charge in [0, 0.05) is 6.04 Å². The predicted molar refractivity (Wildman–Crippen MR) is 46.1 cm³/mol. The average molecular weight is 138 g/mol. The summed E-state index contributed by atoms with van der Waals surface area (Å²) < 4.78 is 0. The molecule has 0 spiro atoms. The van der Waals surface area contributed by atoms with Gasteiger partial charge < -0.3 is 5.73 Å². The summed E-state index contributed by atoms with van der Waals surface area (Å²) in [4.78, 5) is 4.22. The van der Waals surface area contributed by atoms with E-state index in [2.05, 4.69) is 11.6 Å². The van der Waals surface area contributed by atoms with Crippen LogP contribution in [0.1, 0.15) is 13.8 Å². The molecule has 0 aliphatic rings. The molecule has 0 heterocycles. The molecule has 0 rings (SSSR count). The summed E-state index contributed by atoms with van der Waals surface area (Å²) in [5.74, 6) is 0. The lowest BCUT2D eigenvalue weighted by Crippen LogP contribution is -1.96. The van der Waals surface area contributed by atoms with Crippen LogP contribution in [0.5, 0.6) is 0 Å². The first-order valence-electron chi connectivity index (χ1n) is 3.29. The van der Waals surface area contributed by atoms with E-state index in [-0.39, 0.29) is 0 Å². The minimum Gasteiger partial charge on any atom is -0.405 e. The van der Waals surface area contributed by atoms with Crippen LogP contribution in [0.3, 0.4) is 0 Å². The molecule has 0 bridgehead atoms. The summed E-state index contributed by atoms with van der Waals surface area (Å²) in [6.07, 6.45) is 4.87. The molecule has 0 atom stereocenters. The number of hydrogen-bond acceptors (Lipinski definition) is 2. The molecule has 2 nitrogen and oxygen atoms in total. The summed E-state index contributed by atoms with van der Waals surface area (Å²) in [5, 5.41) is 0. The summed E-state index contributed by atoms with van der Waals surface area (Å²) in [6, 6.07) is 0.296. The van der Waals surface area contributed by atoms with E-state index in [1.54, 1.807) is 12.2 Å². The Morgan fingerprint density at radius 2 is 2.20 bits per heavy atom. The lowest BCUT2D eigenvalue weighted by Gasteiger charge is -1.96. The van der Waals surface area contributed by atoms with Gasteiger partial charge in [0.15, 0.2) is 0 Å². The molecule has 0 aromatic heterocycles. The van der Waals surface area contributed by atoms with Gasteiger partial charge in [-0.2, -0.15) is 0 Å². The zero-order valence-corrected chi connectivity index (χ0v) is 6.54. The van der Waals surface area contributed by atoms with Gasteiger partial charge in [-0.1, -0.05) is 6.58 Å². The molecule has 0 aliphatic carbocycles. The van der Waals surface area contributed by atoms with Gasteiger partial charge >= 0.3 is 0 Å². The van der Waals surface area contributed by atoms with Crippen LogP contribution in [-0.2, 0) is 0 Å². The zero-order valence-electron chi connectivity index (χ0n) is 6.54. The Bertz CT molecular complexity index is 155. The molecule has 0 unspecified atom stereocenters. The van der Waals surface area contributed by atoms with E-state index in [0.29, 0.717) is 6.04 Å². The van der Waals surface area contributed by atoms with Crippen LogP contribution < -0.4 is 5.73 Å². The van der Waals surface area contributed by atoms with E-state index in [4.69, 9.17) is 5.73 Å². The molecular weight excluding hydrogens is 124 g/mol. The molecule has 2 heteroatoms. The van der Waals surface area contributed by atoms with Gasteiger partial charge in [0.05, 0.1) is 5.71 Å². The Kier molecular flexibility index (Phi) is 4.29. The molecule has 0 aliphatic heterocycles. The maximum atomic E-state index is 5.17. The van der Waals surface area contributed by atoms with Crippen LogP contribution in [0.15, 0.2) is 29.9 Å². The molecular formula is C8H14N2. The Hall–Kier alpha value is -1.05. The van der Waals surface area contributed by atoms with Crippen LogP contribution >= 0.6 is 0 Å². The van der Waals surface area contributed by atoms with Crippen molar-refractivity contribution < 1.29 is 0 Å². The first-order valence-corrected chi connectivity index (χ1v) is 3.29. The van der Waals surface area contributed by atoms with Crippen molar-refractivity contribution in [2.45, 2.75) is 19.9 Å². The number of hydrogen-bond donors (Lipinski definition) is 1. The third-order valence-electron chi connectivity index (χ3n) is 0.883. The van der Waals surface area contributed by atoms with Crippen molar-refractivity contribution in [3.63, 3.8) is 0 Å². The van der Waals surface area contributed by atoms with E-state index in [1.165, 1.54) is 6.20 Å². The van der Waals surface area contributed by atoms with Gasteiger partial charge in [-0.3, -0.25) is 4.99 Å². The Balaban J connectivity index is 4.18. The van der Waals surface area contributed by atoms with E-state index < -0.39 is 0 Å². The van der Waals surface area contributed by atoms with Crippen molar-refractivity contribution >= 4 is 5.71 Å². The van der Waals surface area contributed by atoms with Crippen molar-refractivity contribution in [3.05, 3.63) is 24.9 Å². The Morgan fingerprint density at radius 1 is 1.60 bits per heavy atom. The topological polar surface area (TPSA) is 38.4 Å². The Labute approximate surface area is 62.1 Å². The molecule has 0 saturated heterocycles. The average Bonchev–Trinajstić information content (AvgIpc) is 1.86. The third kappa shape index (κ3) is 3.89. The second-order valence-corrected chi connectivity index (χ2v) is 2.21. The van der Waals surface area contributed by atoms with Gasteiger partial charge in [0.25, 0.3) is 0 Å². The quantitative estimate of drug-likeness (QED) is 0.589. The number of nitrogens with two attached hydrogens (primary N) is 1. The van der Waals surface area contributed by atoms with E-state index in [1.807, 2.05) is 13.8 Å². The van der Waals surface area contributed by atoms with Gasteiger partial charge in [-0.15, -0.1) is 0 Å². The standard InChI is InChI=1S/C8H14N2/c1-4-8(5-6-9)10-7(2)3/h4-7H,1,9H2,2-3H3/b6-5-,10-8?. The predicted octanol–water partition coefficient (Wildman–Crippen LogP) is 1.49. The normalized spacial score (nSPS) is 12.9. The third-order valence-corrected chi connectivity index (χ3v) is 0.883. The molecule has 56 valence electrons. The molecule has 0 amide bonds. The molecule has 10 heavy (non-hydrogen) atoms. The van der Waals surface area contributed by atoms with Crippen LogP contribution in [0.4, 0.5) is 0 Å². The van der Waals surface area contributed by atoms with Crippen molar-refractivity contribution in [1.82, 2.24) is 0 Å². The van der Waals surface area contributed by atoms with Crippen LogP contribution in [-0.4, -0.2) is 11.8 Å². The molecule has 2 N–H and O–H groups in total. The fourth-order valence-electron chi connectivity index (χ4n) is 0.561. The Morgan fingerprint density at radius 3 is 2.50 bits per heavy atom. The van der Waals surface area contributed by atoms with Gasteiger partial charge in [-0.05, 0) is 32.2 Å². The molecule has 0 saturated carbocycles. The van der Waals surface area contributed by atoms with Crippen molar-refractivity contribution in [2.75, 3.05) is 0 Å². The highest BCUT2D eigenvalue weighted by Gasteiger charge is 1.88. The van der Waals surface area contributed by atoms with Gasteiger partial charge in [-0.25, -0.2) is 0 Å². The minimum absolute atomic E-state index is 0.296. The van der Waals surface area contributed by atoms with Crippen LogP contribution in [0, 0.1) is 0 Å². The van der Waals surface area contributed by atoms with Crippen LogP contribution in [0.2, 0.25) is 0 Å².